The van der Waals surface area contributed by atoms with Gasteiger partial charge in [-0.25, -0.2) is 8.42 Å². The van der Waals surface area contributed by atoms with Crippen LogP contribution in [0.25, 0.3) is 0 Å². The maximum Gasteiger partial charge on any atom is 0.244 e. The Kier molecular flexibility index (Phi) is 6.03. The molecule has 0 radical (unpaired) electrons. The number of sulfonamides is 1. The molecule has 170 valence electrons. The number of hydrogen-bond donors (Lipinski definition) is 0. The van der Waals surface area contributed by atoms with Crippen LogP contribution < -0.4 is 18.9 Å². The third-order valence-corrected chi connectivity index (χ3v) is 7.55. The number of fused-ring (bicyclic) bond motifs is 1. The van der Waals surface area contributed by atoms with E-state index in [0.29, 0.717) is 41.7 Å². The summed E-state index contributed by atoms with van der Waals surface area (Å²) in [5.74, 6) is 2.01. The summed E-state index contributed by atoms with van der Waals surface area (Å²) in [5.41, 5.74) is 1.56. The topological polar surface area (TPSA) is 79.2 Å². The molecule has 0 unspecified atom stereocenters. The van der Waals surface area contributed by atoms with Crippen molar-refractivity contribution >= 4 is 10.0 Å². The average molecular weight is 459 g/mol. The molecule has 0 saturated carbocycles. The SMILES string of the molecule is COc1ccc(OC)c([C@@H]2c3cccn3CCN2S(=O)(=O)c2ccc(OC)c(OC)c2)c1. The molecule has 2 aromatic carbocycles. The van der Waals surface area contributed by atoms with Gasteiger partial charge in [0.05, 0.1) is 39.4 Å². The van der Waals surface area contributed by atoms with Crippen molar-refractivity contribution in [3.05, 3.63) is 66.0 Å². The predicted octanol–water partition coefficient (Wildman–Crippen LogP) is 3.32. The largest absolute Gasteiger partial charge is 0.497 e. The van der Waals surface area contributed by atoms with Crippen LogP contribution in [-0.2, 0) is 16.6 Å². The first-order valence-corrected chi connectivity index (χ1v) is 11.5. The van der Waals surface area contributed by atoms with Crippen LogP contribution in [-0.4, -0.2) is 52.3 Å². The van der Waals surface area contributed by atoms with Crippen LogP contribution >= 0.6 is 0 Å². The predicted molar refractivity (Wildman–Crippen MR) is 119 cm³/mol. The number of methoxy groups -OCH3 is 4. The van der Waals surface area contributed by atoms with Gasteiger partial charge in [0, 0.05) is 36.6 Å². The lowest BCUT2D eigenvalue weighted by atomic mass is 10.0. The first-order valence-electron chi connectivity index (χ1n) is 10.1. The number of rotatable bonds is 7. The third kappa shape index (κ3) is 3.67. The van der Waals surface area contributed by atoms with E-state index >= 15 is 0 Å². The second kappa shape index (κ2) is 8.76. The number of nitrogens with zero attached hydrogens (tertiary/aromatic N) is 2. The summed E-state index contributed by atoms with van der Waals surface area (Å²) in [7, 11) is 2.24. The molecule has 2 heterocycles. The molecule has 1 aliphatic heterocycles. The maximum absolute atomic E-state index is 13.9. The number of ether oxygens (including phenoxy) is 4. The smallest absolute Gasteiger partial charge is 0.244 e. The van der Waals surface area contributed by atoms with Crippen molar-refractivity contribution in [1.29, 1.82) is 0 Å². The van der Waals surface area contributed by atoms with Crippen molar-refractivity contribution in [2.75, 3.05) is 35.0 Å². The summed E-state index contributed by atoms with van der Waals surface area (Å²) in [4.78, 5) is 0.127. The molecule has 0 aliphatic carbocycles. The summed E-state index contributed by atoms with van der Waals surface area (Å²) >= 11 is 0. The summed E-state index contributed by atoms with van der Waals surface area (Å²) in [6.07, 6.45) is 1.95. The Hall–Kier alpha value is -3.17. The van der Waals surface area contributed by atoms with Gasteiger partial charge in [-0.3, -0.25) is 0 Å². The molecule has 4 rings (SSSR count). The Bertz CT molecular complexity index is 1220. The van der Waals surface area contributed by atoms with Crippen molar-refractivity contribution < 1.29 is 27.4 Å². The maximum atomic E-state index is 13.9. The lowest BCUT2D eigenvalue weighted by molar-refractivity contribution is 0.289. The Balaban J connectivity index is 1.88. The molecule has 8 nitrogen and oxygen atoms in total. The van der Waals surface area contributed by atoms with Crippen molar-refractivity contribution in [3.8, 4) is 23.0 Å². The van der Waals surface area contributed by atoms with Crippen molar-refractivity contribution in [1.82, 2.24) is 8.87 Å². The monoisotopic (exact) mass is 458 g/mol. The normalized spacial score (nSPS) is 16.3. The van der Waals surface area contributed by atoms with Gasteiger partial charge in [-0.15, -0.1) is 0 Å². The van der Waals surface area contributed by atoms with Gasteiger partial charge in [0.15, 0.2) is 11.5 Å². The highest BCUT2D eigenvalue weighted by molar-refractivity contribution is 7.89. The minimum absolute atomic E-state index is 0.127. The van der Waals surface area contributed by atoms with Crippen LogP contribution in [0.4, 0.5) is 0 Å². The minimum atomic E-state index is -3.89. The molecule has 1 aromatic heterocycles. The highest BCUT2D eigenvalue weighted by Gasteiger charge is 2.39. The molecular formula is C23H26N2O6S. The van der Waals surface area contributed by atoms with E-state index in [1.54, 1.807) is 32.4 Å². The van der Waals surface area contributed by atoms with Crippen LogP contribution in [0.15, 0.2) is 59.6 Å². The van der Waals surface area contributed by atoms with Gasteiger partial charge in [0.25, 0.3) is 0 Å². The second-order valence-electron chi connectivity index (χ2n) is 7.27. The summed E-state index contributed by atoms with van der Waals surface area (Å²) in [6, 6.07) is 13.3. The fourth-order valence-corrected chi connectivity index (χ4v) is 5.69. The molecule has 0 fully saturated rings. The van der Waals surface area contributed by atoms with Crippen LogP contribution in [0.2, 0.25) is 0 Å². The summed E-state index contributed by atoms with van der Waals surface area (Å²) < 4.78 is 52.9. The molecule has 0 spiro atoms. The zero-order chi connectivity index (χ0) is 22.9. The molecule has 0 amide bonds. The first kappa shape index (κ1) is 22.0. The molecule has 1 atom stereocenters. The van der Waals surface area contributed by atoms with Crippen molar-refractivity contribution in [2.45, 2.75) is 17.5 Å². The Labute approximate surface area is 187 Å². The van der Waals surface area contributed by atoms with Crippen LogP contribution in [0.1, 0.15) is 17.3 Å². The van der Waals surface area contributed by atoms with Gasteiger partial charge in [-0.05, 0) is 42.5 Å². The highest BCUT2D eigenvalue weighted by Crippen LogP contribution is 2.42. The quantitative estimate of drug-likeness (QED) is 0.541. The van der Waals surface area contributed by atoms with Gasteiger partial charge >= 0.3 is 0 Å². The third-order valence-electron chi connectivity index (χ3n) is 5.69. The van der Waals surface area contributed by atoms with Gasteiger partial charge in [-0.2, -0.15) is 4.31 Å². The molecule has 32 heavy (non-hydrogen) atoms. The van der Waals surface area contributed by atoms with E-state index in [1.165, 1.54) is 30.7 Å². The lowest BCUT2D eigenvalue weighted by Gasteiger charge is -2.37. The van der Waals surface area contributed by atoms with Gasteiger partial charge in [-0.1, -0.05) is 0 Å². The van der Waals surface area contributed by atoms with Gasteiger partial charge in [0.2, 0.25) is 10.0 Å². The van der Waals surface area contributed by atoms with E-state index in [0.717, 1.165) is 5.69 Å². The number of hydrogen-bond acceptors (Lipinski definition) is 6. The van der Waals surface area contributed by atoms with E-state index in [9.17, 15) is 8.42 Å². The molecular weight excluding hydrogens is 432 g/mol. The molecule has 9 heteroatoms. The van der Waals surface area contributed by atoms with E-state index in [4.69, 9.17) is 18.9 Å². The van der Waals surface area contributed by atoms with E-state index in [2.05, 4.69) is 4.57 Å². The first-order chi connectivity index (χ1) is 15.4. The number of aromatic nitrogens is 1. The standard InChI is InChI=1S/C23H26N2O6S/c1-28-16-7-9-20(29-2)18(14-16)23-19-6-5-11-24(19)12-13-25(23)32(26,27)17-8-10-21(30-3)22(15-17)31-4/h5-11,14-15,23H,12-13H2,1-4H3/t23-/m1/s1. The summed E-state index contributed by atoms with van der Waals surface area (Å²) in [6.45, 7) is 0.834. The summed E-state index contributed by atoms with van der Waals surface area (Å²) in [5, 5.41) is 0. The molecule has 1 aliphatic rings. The lowest BCUT2D eigenvalue weighted by Crippen LogP contribution is -2.42. The van der Waals surface area contributed by atoms with Gasteiger partial charge < -0.3 is 23.5 Å². The number of benzene rings is 2. The van der Waals surface area contributed by atoms with Crippen LogP contribution in [0.5, 0.6) is 23.0 Å². The molecule has 0 N–H and O–H groups in total. The molecule has 3 aromatic rings. The Morgan fingerprint density at radius 2 is 1.53 bits per heavy atom. The van der Waals surface area contributed by atoms with Crippen LogP contribution in [0.3, 0.4) is 0 Å². The average Bonchev–Trinajstić information content (AvgIpc) is 3.31. The van der Waals surface area contributed by atoms with E-state index in [1.807, 2.05) is 24.4 Å². The fraction of sp³-hybridized carbons (Fsp3) is 0.304. The van der Waals surface area contributed by atoms with Crippen molar-refractivity contribution in [3.63, 3.8) is 0 Å². The highest BCUT2D eigenvalue weighted by atomic mass is 32.2. The zero-order valence-electron chi connectivity index (χ0n) is 18.4. The molecule has 0 saturated heterocycles. The van der Waals surface area contributed by atoms with E-state index in [-0.39, 0.29) is 4.90 Å². The van der Waals surface area contributed by atoms with E-state index < -0.39 is 16.1 Å². The van der Waals surface area contributed by atoms with Gasteiger partial charge in [0.1, 0.15) is 11.5 Å². The van der Waals surface area contributed by atoms with Crippen LogP contribution in [0, 0.1) is 0 Å². The molecule has 0 bridgehead atoms. The second-order valence-corrected chi connectivity index (χ2v) is 9.16. The zero-order valence-corrected chi connectivity index (χ0v) is 19.3. The fourth-order valence-electron chi connectivity index (χ4n) is 4.10. The Morgan fingerprint density at radius 1 is 0.812 bits per heavy atom. The minimum Gasteiger partial charge on any atom is -0.497 e. The van der Waals surface area contributed by atoms with Crippen molar-refractivity contribution in [2.24, 2.45) is 0 Å². The Morgan fingerprint density at radius 3 is 2.22 bits per heavy atom.